The summed E-state index contributed by atoms with van der Waals surface area (Å²) >= 11 is 0. The van der Waals surface area contributed by atoms with E-state index in [0.717, 1.165) is 17.0 Å². The summed E-state index contributed by atoms with van der Waals surface area (Å²) in [6, 6.07) is 8.29. The van der Waals surface area contributed by atoms with Crippen molar-refractivity contribution < 1.29 is 4.52 Å². The van der Waals surface area contributed by atoms with Gasteiger partial charge in [0.1, 0.15) is 5.69 Å². The lowest BCUT2D eigenvalue weighted by atomic mass is 10.0. The van der Waals surface area contributed by atoms with Crippen LogP contribution in [0.5, 0.6) is 0 Å². The Hall–Kier alpha value is -1.61. The molecular weight excluding hydrogens is 200 g/mol. The molecule has 0 aliphatic carbocycles. The predicted molar refractivity (Wildman–Crippen MR) is 64.2 cm³/mol. The van der Waals surface area contributed by atoms with E-state index in [1.54, 1.807) is 0 Å². The normalized spacial score (nSPS) is 10.7. The lowest BCUT2D eigenvalue weighted by Crippen LogP contribution is -2.03. The zero-order chi connectivity index (χ0) is 11.5. The minimum absolute atomic E-state index is 0.706. The van der Waals surface area contributed by atoms with Crippen molar-refractivity contribution in [1.82, 2.24) is 10.5 Å². The van der Waals surface area contributed by atoms with E-state index in [1.807, 2.05) is 13.1 Å². The molecule has 0 saturated carbocycles. The Morgan fingerprint density at radius 1 is 1.19 bits per heavy atom. The highest BCUT2D eigenvalue weighted by molar-refractivity contribution is 5.60. The topological polar surface area (TPSA) is 38.1 Å². The Bertz CT molecular complexity index is 488. The molecule has 2 aromatic rings. The number of benzene rings is 1. The largest absolute Gasteiger partial charge is 0.359 e. The molecule has 1 aromatic carbocycles. The lowest BCUT2D eigenvalue weighted by molar-refractivity contribution is 0.379. The molecule has 0 aliphatic rings. The number of hydrogen-bond donors (Lipinski definition) is 1. The van der Waals surface area contributed by atoms with Gasteiger partial charge in [0.2, 0.25) is 0 Å². The molecule has 1 heterocycles. The number of nitrogens with zero attached hydrogens (tertiary/aromatic N) is 1. The van der Waals surface area contributed by atoms with Crippen LogP contribution in [0.2, 0.25) is 0 Å². The van der Waals surface area contributed by atoms with E-state index in [0.29, 0.717) is 6.54 Å². The summed E-state index contributed by atoms with van der Waals surface area (Å²) in [6.07, 6.45) is 0. The van der Waals surface area contributed by atoms with E-state index < -0.39 is 0 Å². The molecule has 2 rings (SSSR count). The van der Waals surface area contributed by atoms with E-state index in [-0.39, 0.29) is 0 Å². The van der Waals surface area contributed by atoms with Gasteiger partial charge < -0.3 is 9.84 Å². The van der Waals surface area contributed by atoms with Gasteiger partial charge in [0.15, 0.2) is 5.76 Å². The van der Waals surface area contributed by atoms with Crippen molar-refractivity contribution in [3.8, 4) is 11.3 Å². The maximum absolute atomic E-state index is 5.22. The molecule has 0 unspecified atom stereocenters. The van der Waals surface area contributed by atoms with Crippen LogP contribution in [0.1, 0.15) is 16.9 Å². The third-order valence-corrected chi connectivity index (χ3v) is 2.71. The van der Waals surface area contributed by atoms with Crippen molar-refractivity contribution in [2.24, 2.45) is 0 Å². The van der Waals surface area contributed by atoms with Crippen molar-refractivity contribution in [2.75, 3.05) is 7.05 Å². The summed E-state index contributed by atoms with van der Waals surface area (Å²) in [5.74, 6) is 0.857. The summed E-state index contributed by atoms with van der Waals surface area (Å²) in [7, 11) is 1.89. The molecular formula is C13H16N2O. The standard InChI is InChI=1S/C13H16N2O/c1-9-4-5-11(6-10(9)2)13-7-12(8-14-3)16-15-13/h4-7,14H,8H2,1-3H3. The van der Waals surface area contributed by atoms with Gasteiger partial charge in [-0.1, -0.05) is 17.3 Å². The molecule has 0 radical (unpaired) electrons. The quantitative estimate of drug-likeness (QED) is 0.857. The first-order valence-corrected chi connectivity index (χ1v) is 5.38. The van der Waals surface area contributed by atoms with Crippen molar-refractivity contribution in [1.29, 1.82) is 0 Å². The number of rotatable bonds is 3. The van der Waals surface area contributed by atoms with Gasteiger partial charge >= 0.3 is 0 Å². The Kier molecular flexibility index (Phi) is 3.06. The van der Waals surface area contributed by atoms with E-state index in [4.69, 9.17) is 4.52 Å². The van der Waals surface area contributed by atoms with Crippen molar-refractivity contribution in [3.05, 3.63) is 41.2 Å². The van der Waals surface area contributed by atoms with Crippen LogP contribution in [0.4, 0.5) is 0 Å². The molecule has 84 valence electrons. The minimum Gasteiger partial charge on any atom is -0.359 e. The molecule has 0 fully saturated rings. The van der Waals surface area contributed by atoms with Crippen LogP contribution in [-0.2, 0) is 6.54 Å². The second-order valence-electron chi connectivity index (χ2n) is 4.01. The van der Waals surface area contributed by atoms with Crippen LogP contribution in [-0.4, -0.2) is 12.2 Å². The summed E-state index contributed by atoms with van der Waals surface area (Å²) in [5.41, 5.74) is 4.57. The Morgan fingerprint density at radius 3 is 2.69 bits per heavy atom. The van der Waals surface area contributed by atoms with Gasteiger partial charge in [0, 0.05) is 11.6 Å². The summed E-state index contributed by atoms with van der Waals surface area (Å²) in [4.78, 5) is 0. The van der Waals surface area contributed by atoms with Gasteiger partial charge in [-0.15, -0.1) is 0 Å². The second-order valence-corrected chi connectivity index (χ2v) is 4.01. The molecule has 0 spiro atoms. The van der Waals surface area contributed by atoms with E-state index in [9.17, 15) is 0 Å². The van der Waals surface area contributed by atoms with Gasteiger partial charge in [0.05, 0.1) is 6.54 Å². The van der Waals surface area contributed by atoms with Gasteiger partial charge in [-0.05, 0) is 38.1 Å². The fourth-order valence-electron chi connectivity index (χ4n) is 1.61. The zero-order valence-corrected chi connectivity index (χ0v) is 9.87. The average Bonchev–Trinajstić information content (AvgIpc) is 2.71. The smallest absolute Gasteiger partial charge is 0.151 e. The van der Waals surface area contributed by atoms with Crippen LogP contribution in [0.3, 0.4) is 0 Å². The molecule has 1 N–H and O–H groups in total. The molecule has 0 atom stereocenters. The van der Waals surface area contributed by atoms with Crippen molar-refractivity contribution in [3.63, 3.8) is 0 Å². The van der Waals surface area contributed by atoms with Crippen molar-refractivity contribution in [2.45, 2.75) is 20.4 Å². The Labute approximate surface area is 95.5 Å². The zero-order valence-electron chi connectivity index (χ0n) is 9.87. The van der Waals surface area contributed by atoms with Crippen LogP contribution >= 0.6 is 0 Å². The Morgan fingerprint density at radius 2 is 2.00 bits per heavy atom. The second kappa shape index (κ2) is 4.49. The number of aryl methyl sites for hydroxylation is 2. The molecule has 16 heavy (non-hydrogen) atoms. The highest BCUT2D eigenvalue weighted by atomic mass is 16.5. The first-order valence-electron chi connectivity index (χ1n) is 5.38. The van der Waals surface area contributed by atoms with Gasteiger partial charge in [0.25, 0.3) is 0 Å². The molecule has 0 aliphatic heterocycles. The first-order chi connectivity index (χ1) is 7.70. The average molecular weight is 216 g/mol. The predicted octanol–water partition coefficient (Wildman–Crippen LogP) is 2.68. The molecule has 1 aromatic heterocycles. The van der Waals surface area contributed by atoms with Crippen LogP contribution in [0.25, 0.3) is 11.3 Å². The summed E-state index contributed by atoms with van der Waals surface area (Å²) in [5, 5.41) is 7.10. The highest BCUT2D eigenvalue weighted by Gasteiger charge is 2.06. The fourth-order valence-corrected chi connectivity index (χ4v) is 1.61. The fraction of sp³-hybridized carbons (Fsp3) is 0.308. The monoisotopic (exact) mass is 216 g/mol. The molecule has 3 heteroatoms. The SMILES string of the molecule is CNCc1cc(-c2ccc(C)c(C)c2)no1. The number of aromatic nitrogens is 1. The van der Waals surface area contributed by atoms with E-state index >= 15 is 0 Å². The van der Waals surface area contributed by atoms with Gasteiger partial charge in [-0.3, -0.25) is 0 Å². The van der Waals surface area contributed by atoms with E-state index in [2.05, 4.69) is 42.5 Å². The maximum atomic E-state index is 5.22. The highest BCUT2D eigenvalue weighted by Crippen LogP contribution is 2.21. The molecule has 0 bridgehead atoms. The third kappa shape index (κ3) is 2.14. The number of hydrogen-bond acceptors (Lipinski definition) is 3. The maximum Gasteiger partial charge on any atom is 0.151 e. The molecule has 0 saturated heterocycles. The lowest BCUT2D eigenvalue weighted by Gasteiger charge is -2.01. The third-order valence-electron chi connectivity index (χ3n) is 2.71. The summed E-state index contributed by atoms with van der Waals surface area (Å²) < 4.78 is 5.22. The minimum atomic E-state index is 0.706. The Balaban J connectivity index is 2.31. The summed E-state index contributed by atoms with van der Waals surface area (Å²) in [6.45, 7) is 4.92. The van der Waals surface area contributed by atoms with Gasteiger partial charge in [-0.25, -0.2) is 0 Å². The van der Waals surface area contributed by atoms with Crippen LogP contribution in [0.15, 0.2) is 28.8 Å². The van der Waals surface area contributed by atoms with Crippen LogP contribution in [0, 0.1) is 13.8 Å². The molecule has 3 nitrogen and oxygen atoms in total. The van der Waals surface area contributed by atoms with E-state index in [1.165, 1.54) is 11.1 Å². The molecule has 0 amide bonds. The number of nitrogens with one attached hydrogen (secondary N) is 1. The van der Waals surface area contributed by atoms with Gasteiger partial charge in [-0.2, -0.15) is 0 Å². The first kappa shape index (κ1) is 10.9. The van der Waals surface area contributed by atoms with Crippen LogP contribution < -0.4 is 5.32 Å². The van der Waals surface area contributed by atoms with Crippen molar-refractivity contribution >= 4 is 0 Å².